The molecule has 2 aromatic rings. The summed E-state index contributed by atoms with van der Waals surface area (Å²) in [5, 5.41) is 13.0. The summed E-state index contributed by atoms with van der Waals surface area (Å²) in [6.45, 7) is 0. The third-order valence-electron chi connectivity index (χ3n) is 1.79. The number of nitrogens with zero attached hydrogens (tertiary/aromatic N) is 2. The number of nitrogens with one attached hydrogen (secondary N) is 1. The Hall–Kier alpha value is -1.84. The van der Waals surface area contributed by atoms with Crippen molar-refractivity contribution in [3.63, 3.8) is 0 Å². The Morgan fingerprint density at radius 2 is 2.23 bits per heavy atom. The molecule has 0 saturated heterocycles. The average molecular weight is 175 g/mol. The van der Waals surface area contributed by atoms with E-state index in [9.17, 15) is 5.11 Å². The van der Waals surface area contributed by atoms with Gasteiger partial charge in [-0.15, -0.1) is 0 Å². The molecule has 1 aromatic heterocycles. The fourth-order valence-corrected chi connectivity index (χ4v) is 1.13. The molecule has 4 heteroatoms. The van der Waals surface area contributed by atoms with Crippen LogP contribution in [0.4, 0.5) is 5.95 Å². The summed E-state index contributed by atoms with van der Waals surface area (Å²) in [5.41, 5.74) is 0.736. The summed E-state index contributed by atoms with van der Waals surface area (Å²) in [4.78, 5) is 8.22. The molecule has 1 heterocycles. The molecule has 0 aliphatic rings. The van der Waals surface area contributed by atoms with E-state index in [4.69, 9.17) is 0 Å². The summed E-state index contributed by atoms with van der Waals surface area (Å²) < 4.78 is 0. The number of aromatic hydroxyl groups is 1. The Balaban J connectivity index is 2.68. The second-order valence-electron chi connectivity index (χ2n) is 2.69. The topological polar surface area (TPSA) is 58.0 Å². The van der Waals surface area contributed by atoms with Crippen LogP contribution < -0.4 is 5.32 Å². The maximum atomic E-state index is 9.21. The first-order valence-electron chi connectivity index (χ1n) is 3.93. The lowest BCUT2D eigenvalue weighted by atomic mass is 10.2. The van der Waals surface area contributed by atoms with E-state index in [-0.39, 0.29) is 5.75 Å². The van der Waals surface area contributed by atoms with Crippen LogP contribution in [0, 0.1) is 0 Å². The molecule has 0 unspecified atom stereocenters. The van der Waals surface area contributed by atoms with E-state index in [1.165, 1.54) is 0 Å². The zero-order valence-electron chi connectivity index (χ0n) is 7.15. The highest BCUT2D eigenvalue weighted by molar-refractivity contribution is 5.79. The summed E-state index contributed by atoms with van der Waals surface area (Å²) in [6, 6.07) is 5.01. The van der Waals surface area contributed by atoms with Crippen LogP contribution in [0.1, 0.15) is 0 Å². The van der Waals surface area contributed by atoms with Gasteiger partial charge in [0.1, 0.15) is 5.75 Å². The van der Waals surface area contributed by atoms with Crippen molar-refractivity contribution in [2.24, 2.45) is 0 Å². The molecule has 4 nitrogen and oxygen atoms in total. The van der Waals surface area contributed by atoms with Gasteiger partial charge in [-0.25, -0.2) is 9.97 Å². The Bertz CT molecular complexity index is 442. The number of fused-ring (bicyclic) bond motifs is 1. The molecule has 0 spiro atoms. The number of rotatable bonds is 1. The second-order valence-corrected chi connectivity index (χ2v) is 2.69. The Morgan fingerprint density at radius 3 is 3.00 bits per heavy atom. The van der Waals surface area contributed by atoms with Crippen molar-refractivity contribution in [2.45, 2.75) is 0 Å². The van der Waals surface area contributed by atoms with Crippen molar-refractivity contribution in [2.75, 3.05) is 12.4 Å². The average Bonchev–Trinajstić information content (AvgIpc) is 2.16. The minimum absolute atomic E-state index is 0.216. The smallest absolute Gasteiger partial charge is 0.222 e. The summed E-state index contributed by atoms with van der Waals surface area (Å²) in [5.74, 6) is 0.770. The van der Waals surface area contributed by atoms with Crippen LogP contribution in [0.25, 0.3) is 10.9 Å². The first-order chi connectivity index (χ1) is 6.29. The minimum Gasteiger partial charge on any atom is -0.508 e. The van der Waals surface area contributed by atoms with Gasteiger partial charge in [-0.2, -0.15) is 0 Å². The number of hydrogen-bond donors (Lipinski definition) is 2. The van der Waals surface area contributed by atoms with Crippen molar-refractivity contribution in [3.8, 4) is 5.75 Å². The fourth-order valence-electron chi connectivity index (χ4n) is 1.13. The predicted octanol–water partition coefficient (Wildman–Crippen LogP) is 1.38. The van der Waals surface area contributed by atoms with Gasteiger partial charge in [0.2, 0.25) is 5.95 Å². The maximum absolute atomic E-state index is 9.21. The largest absolute Gasteiger partial charge is 0.508 e. The van der Waals surface area contributed by atoms with E-state index < -0.39 is 0 Å². The van der Waals surface area contributed by atoms with Gasteiger partial charge in [0.25, 0.3) is 0 Å². The Labute approximate surface area is 75.3 Å². The van der Waals surface area contributed by atoms with Gasteiger partial charge in [0.15, 0.2) is 0 Å². The lowest BCUT2D eigenvalue weighted by Crippen LogP contribution is -1.95. The summed E-state index contributed by atoms with van der Waals surface area (Å²) in [7, 11) is 1.75. The summed E-state index contributed by atoms with van der Waals surface area (Å²) in [6.07, 6.45) is 1.72. The molecule has 0 aliphatic heterocycles. The third-order valence-corrected chi connectivity index (χ3v) is 1.79. The van der Waals surface area contributed by atoms with Crippen LogP contribution in [0.5, 0.6) is 5.75 Å². The van der Waals surface area contributed by atoms with Crippen molar-refractivity contribution in [1.29, 1.82) is 0 Å². The first kappa shape index (κ1) is 7.79. The van der Waals surface area contributed by atoms with Gasteiger partial charge in [0.05, 0.1) is 5.52 Å². The first-order valence-corrected chi connectivity index (χ1v) is 3.93. The number of aromatic nitrogens is 2. The predicted molar refractivity (Wildman–Crippen MR) is 50.7 cm³/mol. The molecule has 66 valence electrons. The molecule has 0 amide bonds. The Morgan fingerprint density at radius 1 is 1.38 bits per heavy atom. The fraction of sp³-hybridized carbons (Fsp3) is 0.111. The van der Waals surface area contributed by atoms with Crippen molar-refractivity contribution in [1.82, 2.24) is 9.97 Å². The number of phenolic OH excluding ortho intramolecular Hbond substituents is 1. The molecule has 0 saturated carbocycles. The van der Waals surface area contributed by atoms with Gasteiger partial charge in [-0.3, -0.25) is 0 Å². The van der Waals surface area contributed by atoms with Crippen molar-refractivity contribution < 1.29 is 5.11 Å². The van der Waals surface area contributed by atoms with Gasteiger partial charge in [-0.1, -0.05) is 0 Å². The SMILES string of the molecule is CNc1ncc2ccc(O)cc2n1. The van der Waals surface area contributed by atoms with Crippen LogP contribution in [0.2, 0.25) is 0 Å². The highest BCUT2D eigenvalue weighted by Crippen LogP contribution is 2.17. The van der Waals surface area contributed by atoms with Crippen LogP contribution in [0.15, 0.2) is 24.4 Å². The van der Waals surface area contributed by atoms with E-state index in [1.54, 1.807) is 31.4 Å². The maximum Gasteiger partial charge on any atom is 0.222 e. The minimum atomic E-state index is 0.216. The molecule has 2 N–H and O–H groups in total. The molecule has 0 atom stereocenters. The molecule has 0 fully saturated rings. The van der Waals surface area contributed by atoms with E-state index >= 15 is 0 Å². The van der Waals surface area contributed by atoms with Crippen LogP contribution >= 0.6 is 0 Å². The van der Waals surface area contributed by atoms with E-state index in [0.717, 1.165) is 10.9 Å². The normalized spacial score (nSPS) is 10.2. The number of phenols is 1. The number of anilines is 1. The lowest BCUT2D eigenvalue weighted by Gasteiger charge is -2.00. The molecular weight excluding hydrogens is 166 g/mol. The quantitative estimate of drug-likeness (QED) is 0.687. The van der Waals surface area contributed by atoms with Crippen LogP contribution in [-0.4, -0.2) is 22.1 Å². The molecule has 1 aromatic carbocycles. The van der Waals surface area contributed by atoms with Crippen LogP contribution in [-0.2, 0) is 0 Å². The monoisotopic (exact) mass is 175 g/mol. The summed E-state index contributed by atoms with van der Waals surface area (Å²) >= 11 is 0. The van der Waals surface area contributed by atoms with Gasteiger partial charge >= 0.3 is 0 Å². The second kappa shape index (κ2) is 2.90. The number of hydrogen-bond acceptors (Lipinski definition) is 4. The molecule has 2 rings (SSSR count). The molecule has 0 radical (unpaired) electrons. The van der Waals surface area contributed by atoms with E-state index in [1.807, 2.05) is 0 Å². The van der Waals surface area contributed by atoms with Gasteiger partial charge in [-0.05, 0) is 12.1 Å². The van der Waals surface area contributed by atoms with E-state index in [0.29, 0.717) is 5.95 Å². The Kier molecular flexibility index (Phi) is 1.73. The molecule has 0 aliphatic carbocycles. The van der Waals surface area contributed by atoms with E-state index in [2.05, 4.69) is 15.3 Å². The van der Waals surface area contributed by atoms with Crippen LogP contribution in [0.3, 0.4) is 0 Å². The number of benzene rings is 1. The highest BCUT2D eigenvalue weighted by atomic mass is 16.3. The molecule has 13 heavy (non-hydrogen) atoms. The van der Waals surface area contributed by atoms with Crippen molar-refractivity contribution in [3.05, 3.63) is 24.4 Å². The standard InChI is InChI=1S/C9H9N3O/c1-10-9-11-5-6-2-3-7(13)4-8(6)12-9/h2-5,13H,1H3,(H,10,11,12). The zero-order valence-corrected chi connectivity index (χ0v) is 7.15. The third kappa shape index (κ3) is 1.38. The highest BCUT2D eigenvalue weighted by Gasteiger charge is 1.98. The molecular formula is C9H9N3O. The van der Waals surface area contributed by atoms with Crippen molar-refractivity contribution >= 4 is 16.9 Å². The molecule has 0 bridgehead atoms. The van der Waals surface area contributed by atoms with Gasteiger partial charge < -0.3 is 10.4 Å². The zero-order chi connectivity index (χ0) is 9.26. The van der Waals surface area contributed by atoms with Gasteiger partial charge in [0, 0.05) is 24.7 Å². The lowest BCUT2D eigenvalue weighted by molar-refractivity contribution is 0.476.